The van der Waals surface area contributed by atoms with Crippen LogP contribution in [-0.4, -0.2) is 42.6 Å². The van der Waals surface area contributed by atoms with Crippen molar-refractivity contribution in [1.29, 1.82) is 0 Å². The Labute approximate surface area is 202 Å². The number of rotatable bonds is 11. The molecule has 0 radical (unpaired) electrons. The average molecular weight is 495 g/mol. The zero-order valence-corrected chi connectivity index (χ0v) is 19.8. The molecule has 1 atom stereocenters. The van der Waals surface area contributed by atoms with Gasteiger partial charge in [-0.3, -0.25) is 9.59 Å². The fourth-order valence-corrected chi connectivity index (χ4v) is 3.03. The molecular weight excluding hydrogens is 465 g/mol. The number of ether oxygens (including phenoxy) is 2. The van der Waals surface area contributed by atoms with Crippen LogP contribution in [0.3, 0.4) is 0 Å². The first kappa shape index (κ1) is 27.7. The van der Waals surface area contributed by atoms with Crippen LogP contribution in [0.15, 0.2) is 42.5 Å². The van der Waals surface area contributed by atoms with E-state index < -0.39 is 59.2 Å². The zero-order chi connectivity index (χ0) is 26.0. The van der Waals surface area contributed by atoms with Gasteiger partial charge in [-0.15, -0.1) is 0 Å². The number of ketones is 1. The Kier molecular flexibility index (Phi) is 10.1. The van der Waals surface area contributed by atoms with Gasteiger partial charge < -0.3 is 20.1 Å². The molecule has 2 aromatic carbocycles. The quantitative estimate of drug-likeness (QED) is 0.447. The van der Waals surface area contributed by atoms with Gasteiger partial charge in [0, 0.05) is 12.1 Å². The molecule has 0 aliphatic carbocycles. The Morgan fingerprint density at radius 2 is 1.63 bits per heavy atom. The number of para-hydroxylation sites is 1. The van der Waals surface area contributed by atoms with Crippen molar-refractivity contribution in [2.45, 2.75) is 51.7 Å². The molecular formula is C25H29F3N2O5. The molecule has 0 unspecified atom stereocenters. The second kappa shape index (κ2) is 12.8. The van der Waals surface area contributed by atoms with Gasteiger partial charge in [0.1, 0.15) is 18.0 Å². The number of Topliss-reactive ketones (excluding diaryl/α,β-unsaturated/α-hetero) is 1. The van der Waals surface area contributed by atoms with Gasteiger partial charge in [0.05, 0.1) is 6.04 Å². The minimum atomic E-state index is -1.07. The summed E-state index contributed by atoms with van der Waals surface area (Å²) in [5, 5.41) is 5.11. The van der Waals surface area contributed by atoms with Crippen molar-refractivity contribution in [3.05, 3.63) is 65.5 Å². The zero-order valence-electron chi connectivity index (χ0n) is 19.8. The van der Waals surface area contributed by atoms with Crippen LogP contribution in [0.2, 0.25) is 0 Å². The predicted octanol–water partition coefficient (Wildman–Crippen LogP) is 4.55. The van der Waals surface area contributed by atoms with E-state index in [0.29, 0.717) is 12.8 Å². The molecule has 0 heterocycles. The highest BCUT2D eigenvalue weighted by atomic mass is 19.1. The van der Waals surface area contributed by atoms with Crippen LogP contribution < -0.4 is 15.4 Å². The first-order chi connectivity index (χ1) is 16.5. The lowest BCUT2D eigenvalue weighted by Crippen LogP contribution is -2.43. The number of alkyl carbamates (subject to hydrolysis) is 1. The van der Waals surface area contributed by atoms with Gasteiger partial charge in [-0.1, -0.05) is 12.1 Å². The van der Waals surface area contributed by atoms with Crippen molar-refractivity contribution in [2.75, 3.05) is 13.2 Å². The summed E-state index contributed by atoms with van der Waals surface area (Å²) in [5.74, 6) is -4.56. The molecule has 2 N–H and O–H groups in total. The average Bonchev–Trinajstić information content (AvgIpc) is 2.76. The first-order valence-electron chi connectivity index (χ1n) is 11.1. The lowest BCUT2D eigenvalue weighted by atomic mass is 10.0. The Hall–Kier alpha value is -3.56. The third-order valence-electron chi connectivity index (χ3n) is 4.65. The summed E-state index contributed by atoms with van der Waals surface area (Å²) in [7, 11) is 0. The highest BCUT2D eigenvalue weighted by Crippen LogP contribution is 2.21. The fraction of sp³-hybridized carbons (Fsp3) is 0.400. The lowest BCUT2D eigenvalue weighted by Gasteiger charge is -2.20. The molecule has 2 aromatic rings. The number of amides is 2. The highest BCUT2D eigenvalue weighted by Gasteiger charge is 2.23. The SMILES string of the molecule is CC(C)(C)OC(=O)NCCCC[C@H](NC(=O)c1cccc(F)c1)C(=O)COc1c(F)cccc1F. The summed E-state index contributed by atoms with van der Waals surface area (Å²) in [6, 6.07) is 7.01. The molecule has 0 aromatic heterocycles. The van der Waals surface area contributed by atoms with E-state index in [1.165, 1.54) is 18.2 Å². The van der Waals surface area contributed by atoms with E-state index >= 15 is 0 Å². The molecule has 35 heavy (non-hydrogen) atoms. The normalized spacial score (nSPS) is 11.9. The van der Waals surface area contributed by atoms with Crippen molar-refractivity contribution in [1.82, 2.24) is 10.6 Å². The van der Waals surface area contributed by atoms with Crippen LogP contribution in [0.1, 0.15) is 50.4 Å². The van der Waals surface area contributed by atoms with E-state index in [9.17, 15) is 27.6 Å². The monoisotopic (exact) mass is 494 g/mol. The molecule has 0 saturated heterocycles. The van der Waals surface area contributed by atoms with E-state index in [2.05, 4.69) is 10.6 Å². The van der Waals surface area contributed by atoms with E-state index in [-0.39, 0.29) is 18.5 Å². The standard InChI is InChI=1S/C25H29F3N2O5/c1-25(2,3)35-24(33)29-13-5-4-12-20(30-23(32)16-8-6-9-17(26)14-16)21(31)15-34-22-18(27)10-7-11-19(22)28/h6-11,14,20H,4-5,12-13,15H2,1-3H3,(H,29,33)(H,30,32)/t20-/m0/s1. The number of nitrogens with one attached hydrogen (secondary N) is 2. The van der Waals surface area contributed by atoms with Crippen LogP contribution in [0, 0.1) is 17.5 Å². The van der Waals surface area contributed by atoms with Crippen molar-refractivity contribution in [2.24, 2.45) is 0 Å². The fourth-order valence-electron chi connectivity index (χ4n) is 3.03. The summed E-state index contributed by atoms with van der Waals surface area (Å²) < 4.78 is 51.3. The Morgan fingerprint density at radius 3 is 2.26 bits per heavy atom. The van der Waals surface area contributed by atoms with Gasteiger partial charge in [0.25, 0.3) is 5.91 Å². The Morgan fingerprint density at radius 1 is 0.971 bits per heavy atom. The van der Waals surface area contributed by atoms with Gasteiger partial charge in [0.2, 0.25) is 0 Å². The highest BCUT2D eigenvalue weighted by molar-refractivity contribution is 5.98. The summed E-state index contributed by atoms with van der Waals surface area (Å²) in [6.07, 6.45) is 0.439. The van der Waals surface area contributed by atoms with Crippen LogP contribution in [0.25, 0.3) is 0 Å². The Balaban J connectivity index is 1.98. The molecule has 0 spiro atoms. The smallest absolute Gasteiger partial charge is 0.407 e. The second-order valence-electron chi connectivity index (χ2n) is 8.77. The summed E-state index contributed by atoms with van der Waals surface area (Å²) in [4.78, 5) is 37.0. The van der Waals surface area contributed by atoms with Crippen LogP contribution in [0.4, 0.5) is 18.0 Å². The van der Waals surface area contributed by atoms with Gasteiger partial charge in [0.15, 0.2) is 23.2 Å². The lowest BCUT2D eigenvalue weighted by molar-refractivity contribution is -0.123. The number of unbranched alkanes of at least 4 members (excludes halogenated alkanes) is 1. The number of carbonyl (C=O) groups is 3. The molecule has 0 aliphatic rings. The van der Waals surface area contributed by atoms with Crippen molar-refractivity contribution in [3.8, 4) is 5.75 Å². The van der Waals surface area contributed by atoms with E-state index in [1.807, 2.05) is 0 Å². The Bertz CT molecular complexity index is 1020. The minimum Gasteiger partial charge on any atom is -0.480 e. The number of benzene rings is 2. The summed E-state index contributed by atoms with van der Waals surface area (Å²) >= 11 is 0. The molecule has 0 aliphatic heterocycles. The number of hydrogen-bond acceptors (Lipinski definition) is 5. The second-order valence-corrected chi connectivity index (χ2v) is 8.77. The molecule has 0 fully saturated rings. The number of halogens is 3. The largest absolute Gasteiger partial charge is 0.480 e. The first-order valence-corrected chi connectivity index (χ1v) is 11.1. The minimum absolute atomic E-state index is 0.00968. The maximum absolute atomic E-state index is 13.8. The van der Waals surface area contributed by atoms with Gasteiger partial charge in [-0.2, -0.15) is 0 Å². The molecule has 190 valence electrons. The maximum atomic E-state index is 13.8. The number of hydrogen-bond donors (Lipinski definition) is 2. The predicted molar refractivity (Wildman–Crippen MR) is 123 cm³/mol. The van der Waals surface area contributed by atoms with E-state index in [4.69, 9.17) is 9.47 Å². The molecule has 7 nitrogen and oxygen atoms in total. The van der Waals surface area contributed by atoms with E-state index in [1.54, 1.807) is 20.8 Å². The van der Waals surface area contributed by atoms with Crippen LogP contribution >= 0.6 is 0 Å². The summed E-state index contributed by atoms with van der Waals surface area (Å²) in [6.45, 7) is 4.78. The van der Waals surface area contributed by atoms with Crippen LogP contribution in [-0.2, 0) is 9.53 Å². The molecule has 2 rings (SSSR count). The maximum Gasteiger partial charge on any atom is 0.407 e. The molecule has 0 saturated carbocycles. The van der Waals surface area contributed by atoms with Crippen molar-refractivity contribution in [3.63, 3.8) is 0 Å². The van der Waals surface area contributed by atoms with Gasteiger partial charge >= 0.3 is 6.09 Å². The molecule has 0 bridgehead atoms. The third kappa shape index (κ3) is 9.68. The van der Waals surface area contributed by atoms with Gasteiger partial charge in [-0.05, 0) is 70.4 Å². The summed E-state index contributed by atoms with van der Waals surface area (Å²) in [5.41, 5.74) is -0.629. The van der Waals surface area contributed by atoms with E-state index in [0.717, 1.165) is 24.3 Å². The van der Waals surface area contributed by atoms with Crippen LogP contribution in [0.5, 0.6) is 5.75 Å². The van der Waals surface area contributed by atoms with Crippen molar-refractivity contribution >= 4 is 17.8 Å². The molecule has 10 heteroatoms. The topological polar surface area (TPSA) is 93.7 Å². The molecule has 2 amide bonds. The number of carbonyl (C=O) groups excluding carboxylic acids is 3. The van der Waals surface area contributed by atoms with Crippen molar-refractivity contribution < 1.29 is 37.0 Å². The van der Waals surface area contributed by atoms with Gasteiger partial charge in [-0.25, -0.2) is 18.0 Å². The third-order valence-corrected chi connectivity index (χ3v) is 4.65.